The third kappa shape index (κ3) is 4.25. The molecular formula is C19H18ClFN4O3S2. The summed E-state index contributed by atoms with van der Waals surface area (Å²) >= 11 is 6.94. The Morgan fingerprint density at radius 2 is 2.13 bits per heavy atom. The molecule has 2 aromatic carbocycles. The molecule has 0 atom stereocenters. The summed E-state index contributed by atoms with van der Waals surface area (Å²) in [5.41, 5.74) is 1.98. The number of anilines is 3. The summed E-state index contributed by atoms with van der Waals surface area (Å²) < 4.78 is 40.8. The molecule has 0 unspecified atom stereocenters. The molecule has 0 saturated carbocycles. The van der Waals surface area contributed by atoms with Crippen LogP contribution in [0.5, 0.6) is 0 Å². The van der Waals surface area contributed by atoms with Crippen LogP contribution in [-0.4, -0.2) is 32.4 Å². The highest BCUT2D eigenvalue weighted by Crippen LogP contribution is 2.31. The lowest BCUT2D eigenvalue weighted by Crippen LogP contribution is -2.34. The van der Waals surface area contributed by atoms with E-state index in [4.69, 9.17) is 11.6 Å². The first-order chi connectivity index (χ1) is 14.3. The van der Waals surface area contributed by atoms with Gasteiger partial charge in [-0.2, -0.15) is 0 Å². The van der Waals surface area contributed by atoms with Gasteiger partial charge in [0.25, 0.3) is 10.0 Å². The second kappa shape index (κ2) is 8.21. The number of benzene rings is 2. The Kier molecular flexibility index (Phi) is 5.63. The monoisotopic (exact) mass is 468 g/mol. The maximum Gasteiger partial charge on any atom is 0.263 e. The van der Waals surface area contributed by atoms with Gasteiger partial charge in [0.05, 0.1) is 16.5 Å². The van der Waals surface area contributed by atoms with Gasteiger partial charge < -0.3 is 10.2 Å². The molecule has 4 rings (SSSR count). The number of nitrogens with zero attached hydrogens (tertiary/aromatic N) is 2. The summed E-state index contributed by atoms with van der Waals surface area (Å²) in [6.07, 6.45) is 2.06. The molecule has 0 radical (unpaired) electrons. The molecule has 0 saturated heterocycles. The van der Waals surface area contributed by atoms with Crippen LogP contribution in [0.15, 0.2) is 52.9 Å². The van der Waals surface area contributed by atoms with Crippen LogP contribution in [0.25, 0.3) is 0 Å². The predicted molar refractivity (Wildman–Crippen MR) is 117 cm³/mol. The number of carbonyl (C=O) groups excluding carboxylic acids is 1. The molecule has 1 amide bonds. The van der Waals surface area contributed by atoms with Crippen molar-refractivity contribution >= 4 is 55.4 Å². The Labute approximate surface area is 183 Å². The third-order valence-electron chi connectivity index (χ3n) is 4.58. The van der Waals surface area contributed by atoms with Gasteiger partial charge in [-0.15, -0.1) is 11.3 Å². The molecule has 2 heterocycles. The molecule has 1 aliphatic rings. The summed E-state index contributed by atoms with van der Waals surface area (Å²) in [5, 5.41) is 4.87. The van der Waals surface area contributed by atoms with Crippen molar-refractivity contribution in [2.24, 2.45) is 0 Å². The van der Waals surface area contributed by atoms with Crippen molar-refractivity contribution in [2.45, 2.75) is 11.3 Å². The Hall–Kier alpha value is -2.69. The molecule has 30 heavy (non-hydrogen) atoms. The second-order valence-electron chi connectivity index (χ2n) is 6.51. The second-order valence-corrected chi connectivity index (χ2v) is 9.50. The fourth-order valence-corrected chi connectivity index (χ4v) is 5.15. The van der Waals surface area contributed by atoms with Crippen molar-refractivity contribution in [1.82, 2.24) is 4.98 Å². The number of carbonyl (C=O) groups is 1. The zero-order valence-corrected chi connectivity index (χ0v) is 17.8. The van der Waals surface area contributed by atoms with E-state index in [2.05, 4.69) is 15.0 Å². The van der Waals surface area contributed by atoms with Crippen LogP contribution >= 0.6 is 22.9 Å². The van der Waals surface area contributed by atoms with Gasteiger partial charge in [-0.05, 0) is 48.4 Å². The first kappa shape index (κ1) is 20.6. The van der Waals surface area contributed by atoms with Crippen molar-refractivity contribution in [3.05, 3.63) is 64.4 Å². The first-order valence-electron chi connectivity index (χ1n) is 8.88. The van der Waals surface area contributed by atoms with Crippen LogP contribution < -0.4 is 14.9 Å². The van der Waals surface area contributed by atoms with Crippen molar-refractivity contribution in [3.63, 3.8) is 0 Å². The number of amides is 1. The van der Waals surface area contributed by atoms with E-state index in [-0.39, 0.29) is 23.8 Å². The number of hydrogen-bond acceptors (Lipinski definition) is 6. The normalized spacial score (nSPS) is 13.2. The minimum Gasteiger partial charge on any atom is -0.376 e. The highest BCUT2D eigenvalue weighted by Gasteiger charge is 2.26. The number of aromatic nitrogens is 1. The molecule has 0 spiro atoms. The quantitative estimate of drug-likeness (QED) is 0.571. The average molecular weight is 469 g/mol. The minimum absolute atomic E-state index is 0. The zero-order chi connectivity index (χ0) is 21.3. The lowest BCUT2D eigenvalue weighted by molar-refractivity contribution is -0.116. The minimum atomic E-state index is -3.76. The van der Waals surface area contributed by atoms with E-state index in [1.165, 1.54) is 41.8 Å². The van der Waals surface area contributed by atoms with Gasteiger partial charge in [-0.25, -0.2) is 17.8 Å². The molecule has 1 aliphatic heterocycles. The van der Waals surface area contributed by atoms with Crippen LogP contribution in [0.3, 0.4) is 0 Å². The van der Waals surface area contributed by atoms with E-state index in [1.54, 1.807) is 22.4 Å². The predicted octanol–water partition coefficient (Wildman–Crippen LogP) is 3.98. The highest BCUT2D eigenvalue weighted by molar-refractivity contribution is 7.93. The molecule has 2 N–H and O–H groups in total. The highest BCUT2D eigenvalue weighted by atomic mass is 35.5. The molecule has 0 fully saturated rings. The molecule has 0 bridgehead atoms. The summed E-state index contributed by atoms with van der Waals surface area (Å²) in [6, 6.07) is 8.81. The number of nitrogens with one attached hydrogen (secondary N) is 2. The molecule has 3 aromatic rings. The summed E-state index contributed by atoms with van der Waals surface area (Å²) in [6.45, 7) is 0.441. The molecule has 0 aliphatic carbocycles. The van der Waals surface area contributed by atoms with Crippen molar-refractivity contribution < 1.29 is 19.0 Å². The maximum atomic E-state index is 13.2. The number of halogens is 2. The van der Waals surface area contributed by atoms with Gasteiger partial charge in [0.2, 0.25) is 5.91 Å². The summed E-state index contributed by atoms with van der Waals surface area (Å²) in [7, 11) is -3.76. The van der Waals surface area contributed by atoms with Crippen molar-refractivity contribution in [1.29, 1.82) is 0 Å². The standard InChI is InChI=1S/C19H16ClFN4O3S2.H2/c20-15-10-13(1-3-16(15)21)23-11-18(26)25-7-5-12-9-14(2-4-17(12)25)30(27,28)24-19-22-6-8-29-19;/h1-4,6,8-10,23H,5,7,11H2,(H,22,24);1H. The van der Waals surface area contributed by atoms with Crippen LogP contribution in [0, 0.1) is 5.82 Å². The van der Waals surface area contributed by atoms with Crippen LogP contribution in [0.1, 0.15) is 6.99 Å². The van der Waals surface area contributed by atoms with Gasteiger partial charge in [0, 0.05) is 30.9 Å². The van der Waals surface area contributed by atoms with E-state index in [1.807, 2.05) is 0 Å². The lowest BCUT2D eigenvalue weighted by Gasteiger charge is -2.18. The number of rotatable bonds is 6. The van der Waals surface area contributed by atoms with Gasteiger partial charge in [0.1, 0.15) is 5.82 Å². The Morgan fingerprint density at radius 3 is 2.87 bits per heavy atom. The van der Waals surface area contributed by atoms with E-state index in [0.29, 0.717) is 29.5 Å². The third-order valence-corrected chi connectivity index (χ3v) is 7.02. The van der Waals surface area contributed by atoms with E-state index < -0.39 is 15.8 Å². The topological polar surface area (TPSA) is 91.4 Å². The Morgan fingerprint density at radius 1 is 1.30 bits per heavy atom. The molecule has 158 valence electrons. The van der Waals surface area contributed by atoms with Crippen LogP contribution in [-0.2, 0) is 21.2 Å². The Bertz CT molecular complexity index is 1210. The summed E-state index contributed by atoms with van der Waals surface area (Å²) in [4.78, 5) is 18.3. The van der Waals surface area contributed by atoms with Gasteiger partial charge in [0.15, 0.2) is 5.13 Å². The van der Waals surface area contributed by atoms with E-state index >= 15 is 0 Å². The fraction of sp³-hybridized carbons (Fsp3) is 0.158. The van der Waals surface area contributed by atoms with Gasteiger partial charge in [-0.1, -0.05) is 11.6 Å². The first-order valence-corrected chi connectivity index (χ1v) is 11.6. The number of hydrogen-bond donors (Lipinski definition) is 2. The van der Waals surface area contributed by atoms with Crippen molar-refractivity contribution in [3.8, 4) is 0 Å². The van der Waals surface area contributed by atoms with Gasteiger partial charge >= 0.3 is 0 Å². The largest absolute Gasteiger partial charge is 0.376 e. The molecule has 1 aromatic heterocycles. The van der Waals surface area contributed by atoms with Crippen molar-refractivity contribution in [2.75, 3.05) is 28.0 Å². The van der Waals surface area contributed by atoms with Crippen LogP contribution in [0.4, 0.5) is 20.9 Å². The number of sulfonamides is 1. The SMILES string of the molecule is O=C(CNc1ccc(F)c(Cl)c1)N1CCc2cc(S(=O)(=O)Nc3nccs3)ccc21.[HH]. The summed E-state index contributed by atoms with van der Waals surface area (Å²) in [5.74, 6) is -0.720. The van der Waals surface area contributed by atoms with Gasteiger partial charge in [-0.3, -0.25) is 9.52 Å². The lowest BCUT2D eigenvalue weighted by atomic mass is 10.2. The van der Waals surface area contributed by atoms with E-state index in [9.17, 15) is 17.6 Å². The molecular weight excluding hydrogens is 451 g/mol. The zero-order valence-electron chi connectivity index (χ0n) is 15.4. The fourth-order valence-electron chi connectivity index (χ4n) is 3.13. The average Bonchev–Trinajstić information content (AvgIpc) is 3.37. The molecule has 11 heteroatoms. The number of fused-ring (bicyclic) bond motifs is 1. The number of thiazole rings is 1. The Balaban J connectivity index is 0.00000272. The smallest absolute Gasteiger partial charge is 0.263 e. The van der Waals surface area contributed by atoms with Crippen LogP contribution in [0.2, 0.25) is 5.02 Å². The maximum absolute atomic E-state index is 13.2. The van der Waals surface area contributed by atoms with E-state index in [0.717, 1.165) is 5.56 Å². The molecule has 7 nitrogen and oxygen atoms in total.